The molecular weight excluding hydrogens is 262 g/mol. The first-order valence-corrected chi connectivity index (χ1v) is 8.40. The Morgan fingerprint density at radius 3 is 2.58 bits per heavy atom. The van der Waals surface area contributed by atoms with Crippen molar-refractivity contribution < 1.29 is 13.2 Å². The molecule has 0 saturated carbocycles. The minimum atomic E-state index is -3.03. The van der Waals surface area contributed by atoms with Crippen LogP contribution >= 0.6 is 0 Å². The van der Waals surface area contributed by atoms with Gasteiger partial charge in [0.05, 0.1) is 18.6 Å². The molecular formula is C14H23NO3S. The quantitative estimate of drug-likeness (QED) is 0.744. The molecule has 0 fully saturated rings. The fourth-order valence-corrected chi connectivity index (χ4v) is 3.46. The molecule has 0 radical (unpaired) electrons. The molecule has 0 unspecified atom stereocenters. The number of benzene rings is 1. The Morgan fingerprint density at radius 2 is 2.00 bits per heavy atom. The molecule has 0 bridgehead atoms. The van der Waals surface area contributed by atoms with Crippen molar-refractivity contribution in [2.45, 2.75) is 38.5 Å². The van der Waals surface area contributed by atoms with E-state index in [1.54, 1.807) is 19.2 Å². The van der Waals surface area contributed by atoms with Crippen molar-refractivity contribution in [2.24, 2.45) is 5.73 Å². The first-order valence-electron chi connectivity index (χ1n) is 6.58. The van der Waals surface area contributed by atoms with E-state index in [2.05, 4.69) is 6.92 Å². The van der Waals surface area contributed by atoms with Crippen LogP contribution in [-0.4, -0.2) is 21.3 Å². The first-order chi connectivity index (χ1) is 9.02. The van der Waals surface area contributed by atoms with Gasteiger partial charge >= 0.3 is 0 Å². The molecule has 1 rings (SSSR count). The minimum absolute atomic E-state index is 0.0771. The van der Waals surface area contributed by atoms with Gasteiger partial charge < -0.3 is 10.5 Å². The van der Waals surface area contributed by atoms with E-state index in [4.69, 9.17) is 10.5 Å². The molecule has 0 aliphatic rings. The molecule has 0 spiro atoms. The van der Waals surface area contributed by atoms with Gasteiger partial charge in [0.2, 0.25) is 0 Å². The third-order valence-corrected chi connectivity index (χ3v) is 4.69. The highest BCUT2D eigenvalue weighted by Gasteiger charge is 2.13. The van der Waals surface area contributed by atoms with Crippen molar-refractivity contribution in [3.8, 4) is 5.75 Å². The van der Waals surface area contributed by atoms with E-state index in [0.717, 1.165) is 30.4 Å². The molecule has 0 amide bonds. The molecule has 0 aliphatic heterocycles. The van der Waals surface area contributed by atoms with Gasteiger partial charge in [-0.3, -0.25) is 0 Å². The van der Waals surface area contributed by atoms with Crippen molar-refractivity contribution in [3.05, 3.63) is 29.3 Å². The van der Waals surface area contributed by atoms with Crippen molar-refractivity contribution in [3.63, 3.8) is 0 Å². The van der Waals surface area contributed by atoms with Crippen LogP contribution in [-0.2, 0) is 22.1 Å². The summed E-state index contributed by atoms with van der Waals surface area (Å²) in [7, 11) is -1.45. The van der Waals surface area contributed by atoms with Crippen LogP contribution in [0.2, 0.25) is 0 Å². The smallest absolute Gasteiger partial charge is 0.154 e. The molecule has 5 heteroatoms. The molecule has 1 aromatic rings. The Labute approximate surface area is 115 Å². The second kappa shape index (κ2) is 7.50. The monoisotopic (exact) mass is 285 g/mol. The first kappa shape index (κ1) is 16.0. The molecule has 0 saturated heterocycles. The highest BCUT2D eigenvalue weighted by Crippen LogP contribution is 2.21. The van der Waals surface area contributed by atoms with Crippen LogP contribution in [0.4, 0.5) is 0 Å². The molecule has 108 valence electrons. The Balaban J connectivity index is 2.76. The summed E-state index contributed by atoms with van der Waals surface area (Å²) in [6.45, 7) is 2.40. The van der Waals surface area contributed by atoms with Crippen LogP contribution in [0, 0.1) is 0 Å². The summed E-state index contributed by atoms with van der Waals surface area (Å²) in [6.07, 6.45) is 2.71. The molecule has 0 aromatic heterocycles. The number of ether oxygens (including phenoxy) is 1. The third-order valence-electron chi connectivity index (χ3n) is 3.01. The molecule has 0 atom stereocenters. The fourth-order valence-electron chi connectivity index (χ4n) is 1.98. The van der Waals surface area contributed by atoms with Gasteiger partial charge in [0.1, 0.15) is 5.75 Å². The Morgan fingerprint density at radius 1 is 1.26 bits per heavy atom. The highest BCUT2D eigenvalue weighted by atomic mass is 32.2. The number of sulfone groups is 1. The summed E-state index contributed by atoms with van der Waals surface area (Å²) in [5.74, 6) is 1.04. The largest absolute Gasteiger partial charge is 0.496 e. The van der Waals surface area contributed by atoms with Gasteiger partial charge in [0, 0.05) is 12.1 Å². The third kappa shape index (κ3) is 5.20. The second-order valence-corrected chi connectivity index (χ2v) is 6.83. The normalized spacial score (nSPS) is 11.5. The molecule has 4 nitrogen and oxygen atoms in total. The number of nitrogens with two attached hydrogens (primary N) is 1. The van der Waals surface area contributed by atoms with E-state index in [1.807, 2.05) is 6.07 Å². The van der Waals surface area contributed by atoms with Crippen LogP contribution in [0.25, 0.3) is 0 Å². The van der Waals surface area contributed by atoms with Crippen molar-refractivity contribution in [1.82, 2.24) is 0 Å². The van der Waals surface area contributed by atoms with Crippen LogP contribution in [0.15, 0.2) is 18.2 Å². The lowest BCUT2D eigenvalue weighted by atomic mass is 10.1. The maximum atomic E-state index is 12.0. The van der Waals surface area contributed by atoms with Crippen molar-refractivity contribution in [2.75, 3.05) is 12.9 Å². The Hall–Kier alpha value is -1.07. The SMILES string of the molecule is CCCCCS(=O)(=O)Cc1ccc(OC)c(CN)c1. The average Bonchev–Trinajstić information content (AvgIpc) is 2.38. The summed E-state index contributed by atoms with van der Waals surface area (Å²) < 4.78 is 29.1. The minimum Gasteiger partial charge on any atom is -0.496 e. The topological polar surface area (TPSA) is 69.4 Å². The van der Waals surface area contributed by atoms with Gasteiger partial charge in [-0.15, -0.1) is 0 Å². The van der Waals surface area contributed by atoms with Crippen LogP contribution in [0.1, 0.15) is 37.3 Å². The summed E-state index contributed by atoms with van der Waals surface area (Å²) in [4.78, 5) is 0. The summed E-state index contributed by atoms with van der Waals surface area (Å²) >= 11 is 0. The Kier molecular flexibility index (Phi) is 6.31. The van der Waals surface area contributed by atoms with Crippen LogP contribution in [0.5, 0.6) is 5.75 Å². The van der Waals surface area contributed by atoms with Gasteiger partial charge in [-0.2, -0.15) is 0 Å². The maximum absolute atomic E-state index is 12.0. The lowest BCUT2D eigenvalue weighted by molar-refractivity contribution is 0.409. The molecule has 19 heavy (non-hydrogen) atoms. The van der Waals surface area contributed by atoms with Gasteiger partial charge in [0.25, 0.3) is 0 Å². The number of hydrogen-bond donors (Lipinski definition) is 1. The van der Waals surface area contributed by atoms with Crippen molar-refractivity contribution >= 4 is 9.84 Å². The maximum Gasteiger partial charge on any atom is 0.154 e. The van der Waals surface area contributed by atoms with E-state index in [1.165, 1.54) is 0 Å². The van der Waals surface area contributed by atoms with E-state index in [-0.39, 0.29) is 11.5 Å². The molecule has 0 heterocycles. The number of unbranched alkanes of at least 4 members (excludes halogenated alkanes) is 2. The predicted molar refractivity (Wildman–Crippen MR) is 77.9 cm³/mol. The number of rotatable bonds is 8. The standard InChI is InChI=1S/C14H23NO3S/c1-3-4-5-8-19(16,17)11-12-6-7-14(18-2)13(9-12)10-15/h6-7,9H,3-5,8,10-11,15H2,1-2H3. The summed E-state index contributed by atoms with van der Waals surface area (Å²) in [5, 5.41) is 0. The average molecular weight is 285 g/mol. The second-order valence-electron chi connectivity index (χ2n) is 4.65. The Bertz CT molecular complexity index is 497. The zero-order valence-corrected chi connectivity index (χ0v) is 12.5. The highest BCUT2D eigenvalue weighted by molar-refractivity contribution is 7.90. The molecule has 0 aliphatic carbocycles. The van der Waals surface area contributed by atoms with E-state index < -0.39 is 9.84 Å². The van der Waals surface area contributed by atoms with Gasteiger partial charge in [-0.1, -0.05) is 25.8 Å². The van der Waals surface area contributed by atoms with Crippen LogP contribution < -0.4 is 10.5 Å². The predicted octanol–water partition coefficient (Wildman–Crippen LogP) is 2.26. The molecule has 2 N–H and O–H groups in total. The van der Waals surface area contributed by atoms with E-state index >= 15 is 0 Å². The van der Waals surface area contributed by atoms with Crippen molar-refractivity contribution in [1.29, 1.82) is 0 Å². The van der Waals surface area contributed by atoms with Crippen LogP contribution in [0.3, 0.4) is 0 Å². The zero-order valence-electron chi connectivity index (χ0n) is 11.7. The number of methoxy groups -OCH3 is 1. The fraction of sp³-hybridized carbons (Fsp3) is 0.571. The van der Waals surface area contributed by atoms with Gasteiger partial charge in [-0.05, 0) is 24.1 Å². The summed E-state index contributed by atoms with van der Waals surface area (Å²) in [6, 6.07) is 5.38. The van der Waals surface area contributed by atoms with E-state index in [9.17, 15) is 8.42 Å². The van der Waals surface area contributed by atoms with Gasteiger partial charge in [0.15, 0.2) is 9.84 Å². The number of hydrogen-bond acceptors (Lipinski definition) is 4. The molecule has 1 aromatic carbocycles. The van der Waals surface area contributed by atoms with Gasteiger partial charge in [-0.25, -0.2) is 8.42 Å². The zero-order chi connectivity index (χ0) is 14.3. The lowest BCUT2D eigenvalue weighted by Crippen LogP contribution is -2.10. The lowest BCUT2D eigenvalue weighted by Gasteiger charge is -2.09. The summed E-state index contributed by atoms with van der Waals surface area (Å²) in [5.41, 5.74) is 7.24. The van der Waals surface area contributed by atoms with E-state index in [0.29, 0.717) is 12.3 Å².